The molecule has 0 aliphatic rings. The minimum atomic E-state index is -0.543. The monoisotopic (exact) mass is 869 g/mol. The number of allylic oxidation sites excluding steroid dienone is 8. The molecule has 0 spiro atoms. The molecule has 0 amide bonds. The Morgan fingerprint density at radius 1 is 0.371 bits per heavy atom. The zero-order valence-electron chi connectivity index (χ0n) is 41.6. The summed E-state index contributed by atoms with van der Waals surface area (Å²) in [5.74, 6) is -0.401. The standard InChI is InChI=1S/C57H104O5/c1-4-7-10-13-16-19-22-25-28-31-34-37-40-43-46-49-52-60-53-55(62-57(59)51-48-45-42-39-36-33-30-27-24-21-18-15-12-9-6-3)54-61-56(58)50-47-44-41-38-35-32-29-26-23-20-17-14-11-8-5-2/h7,10,16,19,25-26,28-29,55H,4-6,8-9,11-15,17-18,20-24,27,30-54H2,1-3H3/b10-7-,19-16-,28-25-,29-26-. The Labute approximate surface area is 386 Å². The van der Waals surface area contributed by atoms with E-state index >= 15 is 0 Å². The fraction of sp³-hybridized carbons (Fsp3) is 0.825. The maximum atomic E-state index is 12.8. The minimum absolute atomic E-state index is 0.0789. The van der Waals surface area contributed by atoms with E-state index in [1.165, 1.54) is 167 Å². The third-order valence-corrected chi connectivity index (χ3v) is 11.8. The van der Waals surface area contributed by atoms with Gasteiger partial charge in [-0.2, -0.15) is 0 Å². The van der Waals surface area contributed by atoms with E-state index in [9.17, 15) is 9.59 Å². The van der Waals surface area contributed by atoms with Crippen molar-refractivity contribution in [2.24, 2.45) is 0 Å². The Hall–Kier alpha value is -2.14. The number of hydrogen-bond acceptors (Lipinski definition) is 5. The molecule has 5 heteroatoms. The van der Waals surface area contributed by atoms with E-state index in [2.05, 4.69) is 69.4 Å². The zero-order chi connectivity index (χ0) is 44.9. The Morgan fingerprint density at radius 2 is 0.726 bits per heavy atom. The molecular formula is C57H104O5. The van der Waals surface area contributed by atoms with Crippen LogP contribution in [0.2, 0.25) is 0 Å². The fourth-order valence-electron chi connectivity index (χ4n) is 7.81. The topological polar surface area (TPSA) is 61.8 Å². The van der Waals surface area contributed by atoms with Gasteiger partial charge < -0.3 is 14.2 Å². The second kappa shape index (κ2) is 53.2. The lowest BCUT2D eigenvalue weighted by Crippen LogP contribution is -2.30. The summed E-state index contributed by atoms with van der Waals surface area (Å²) in [5.41, 5.74) is 0. The average Bonchev–Trinajstić information content (AvgIpc) is 3.27. The highest BCUT2D eigenvalue weighted by Crippen LogP contribution is 2.15. The highest BCUT2D eigenvalue weighted by molar-refractivity contribution is 5.70. The molecule has 0 aliphatic carbocycles. The molecule has 362 valence electrons. The first kappa shape index (κ1) is 59.9. The van der Waals surface area contributed by atoms with Crippen LogP contribution in [0.4, 0.5) is 0 Å². The molecule has 0 aromatic rings. The summed E-state index contributed by atoms with van der Waals surface area (Å²) >= 11 is 0. The molecular weight excluding hydrogens is 765 g/mol. The van der Waals surface area contributed by atoms with E-state index < -0.39 is 6.10 Å². The summed E-state index contributed by atoms with van der Waals surface area (Å²) in [5, 5.41) is 0. The normalized spacial score (nSPS) is 12.5. The SMILES string of the molecule is CC/C=C\C/C=C\C/C=C\CCCCCCCCOCC(COC(=O)CCCCCCC/C=C\CCCCCCCC)OC(=O)CCCCCCCCCCCCCCCCC. The molecule has 0 rings (SSSR count). The maximum absolute atomic E-state index is 12.8. The number of carbonyl (C=O) groups is 2. The molecule has 0 saturated heterocycles. The molecule has 5 nitrogen and oxygen atoms in total. The minimum Gasteiger partial charge on any atom is -0.462 e. The van der Waals surface area contributed by atoms with Crippen molar-refractivity contribution in [1.29, 1.82) is 0 Å². The van der Waals surface area contributed by atoms with Gasteiger partial charge in [0, 0.05) is 19.4 Å². The van der Waals surface area contributed by atoms with Gasteiger partial charge in [0.2, 0.25) is 0 Å². The van der Waals surface area contributed by atoms with Crippen molar-refractivity contribution in [3.63, 3.8) is 0 Å². The highest BCUT2D eigenvalue weighted by atomic mass is 16.6. The predicted molar refractivity (Wildman–Crippen MR) is 270 cm³/mol. The Morgan fingerprint density at radius 3 is 1.18 bits per heavy atom. The molecule has 0 saturated carbocycles. The highest BCUT2D eigenvalue weighted by Gasteiger charge is 2.17. The molecule has 0 fully saturated rings. The predicted octanol–water partition coefficient (Wildman–Crippen LogP) is 18.3. The van der Waals surface area contributed by atoms with Crippen molar-refractivity contribution in [2.75, 3.05) is 19.8 Å². The number of carbonyl (C=O) groups excluding carboxylic acids is 2. The summed E-state index contributed by atoms with van der Waals surface area (Å²) in [6, 6.07) is 0. The van der Waals surface area contributed by atoms with Crippen molar-refractivity contribution in [2.45, 2.75) is 284 Å². The van der Waals surface area contributed by atoms with Crippen molar-refractivity contribution in [3.8, 4) is 0 Å². The van der Waals surface area contributed by atoms with E-state index in [0.29, 0.717) is 19.4 Å². The number of ether oxygens (including phenoxy) is 3. The van der Waals surface area contributed by atoms with E-state index in [1.54, 1.807) is 0 Å². The van der Waals surface area contributed by atoms with Gasteiger partial charge >= 0.3 is 11.9 Å². The first-order chi connectivity index (χ1) is 30.6. The van der Waals surface area contributed by atoms with Gasteiger partial charge in [-0.15, -0.1) is 0 Å². The largest absolute Gasteiger partial charge is 0.462 e. The lowest BCUT2D eigenvalue weighted by atomic mass is 10.0. The van der Waals surface area contributed by atoms with Crippen LogP contribution in [0.5, 0.6) is 0 Å². The second-order valence-corrected chi connectivity index (χ2v) is 18.1. The quantitative estimate of drug-likeness (QED) is 0.0346. The fourth-order valence-corrected chi connectivity index (χ4v) is 7.81. The summed E-state index contributed by atoms with van der Waals surface area (Å²) in [7, 11) is 0. The summed E-state index contributed by atoms with van der Waals surface area (Å²) in [4.78, 5) is 25.4. The van der Waals surface area contributed by atoms with Crippen LogP contribution in [0.3, 0.4) is 0 Å². The third-order valence-electron chi connectivity index (χ3n) is 11.8. The van der Waals surface area contributed by atoms with Gasteiger partial charge in [-0.3, -0.25) is 9.59 Å². The number of hydrogen-bond donors (Lipinski definition) is 0. The van der Waals surface area contributed by atoms with Crippen molar-refractivity contribution < 1.29 is 23.8 Å². The van der Waals surface area contributed by atoms with Gasteiger partial charge in [0.25, 0.3) is 0 Å². The van der Waals surface area contributed by atoms with Crippen LogP contribution in [-0.4, -0.2) is 37.9 Å². The Bertz CT molecular complexity index is 1030. The molecule has 62 heavy (non-hydrogen) atoms. The van der Waals surface area contributed by atoms with Gasteiger partial charge in [0.1, 0.15) is 6.61 Å². The van der Waals surface area contributed by atoms with E-state index in [-0.39, 0.29) is 25.2 Å². The molecule has 1 atom stereocenters. The maximum Gasteiger partial charge on any atom is 0.306 e. The zero-order valence-corrected chi connectivity index (χ0v) is 41.6. The Balaban J connectivity index is 4.28. The van der Waals surface area contributed by atoms with Crippen LogP contribution in [-0.2, 0) is 23.8 Å². The molecule has 0 N–H and O–H groups in total. The van der Waals surface area contributed by atoms with Crippen LogP contribution >= 0.6 is 0 Å². The van der Waals surface area contributed by atoms with E-state index in [1.807, 2.05) is 0 Å². The van der Waals surface area contributed by atoms with Gasteiger partial charge in [-0.1, -0.05) is 236 Å². The molecule has 0 heterocycles. The van der Waals surface area contributed by atoms with Crippen LogP contribution in [0.25, 0.3) is 0 Å². The van der Waals surface area contributed by atoms with Gasteiger partial charge in [0.15, 0.2) is 6.10 Å². The first-order valence-electron chi connectivity index (χ1n) is 27.2. The lowest BCUT2D eigenvalue weighted by molar-refractivity contribution is -0.163. The first-order valence-corrected chi connectivity index (χ1v) is 27.2. The number of esters is 2. The smallest absolute Gasteiger partial charge is 0.306 e. The molecule has 1 unspecified atom stereocenters. The van der Waals surface area contributed by atoms with Crippen LogP contribution in [0.1, 0.15) is 278 Å². The van der Waals surface area contributed by atoms with E-state index in [4.69, 9.17) is 14.2 Å². The van der Waals surface area contributed by atoms with Crippen molar-refractivity contribution >= 4 is 11.9 Å². The van der Waals surface area contributed by atoms with E-state index in [0.717, 1.165) is 77.0 Å². The summed E-state index contributed by atoms with van der Waals surface area (Å²) in [6.45, 7) is 7.72. The molecule has 0 radical (unpaired) electrons. The summed E-state index contributed by atoms with van der Waals surface area (Å²) < 4.78 is 17.4. The number of unbranched alkanes of at least 4 members (excludes halogenated alkanes) is 31. The van der Waals surface area contributed by atoms with Gasteiger partial charge in [0.05, 0.1) is 6.61 Å². The number of rotatable bonds is 50. The summed E-state index contributed by atoms with van der Waals surface area (Å²) in [6.07, 6.45) is 65.5. The average molecular weight is 869 g/mol. The lowest BCUT2D eigenvalue weighted by Gasteiger charge is -2.18. The van der Waals surface area contributed by atoms with Gasteiger partial charge in [-0.25, -0.2) is 0 Å². The molecule has 0 aromatic carbocycles. The van der Waals surface area contributed by atoms with Gasteiger partial charge in [-0.05, 0) is 77.0 Å². The molecule has 0 aromatic heterocycles. The Kier molecular flexibility index (Phi) is 51.4. The molecule has 0 aliphatic heterocycles. The van der Waals surface area contributed by atoms with Crippen LogP contribution < -0.4 is 0 Å². The van der Waals surface area contributed by atoms with Crippen molar-refractivity contribution in [3.05, 3.63) is 48.6 Å². The third kappa shape index (κ3) is 50.5. The van der Waals surface area contributed by atoms with Crippen molar-refractivity contribution in [1.82, 2.24) is 0 Å². The molecule has 0 bridgehead atoms. The van der Waals surface area contributed by atoms with Crippen LogP contribution in [0.15, 0.2) is 48.6 Å². The second-order valence-electron chi connectivity index (χ2n) is 18.1. The van der Waals surface area contributed by atoms with Crippen LogP contribution in [0, 0.1) is 0 Å².